The van der Waals surface area contributed by atoms with Crippen LogP contribution in [-0.2, 0) is 6.61 Å². The number of nitrogens with one attached hydrogen (secondary N) is 1. The molecule has 5 heteroatoms. The van der Waals surface area contributed by atoms with Gasteiger partial charge < -0.3 is 14.5 Å². The summed E-state index contributed by atoms with van der Waals surface area (Å²) in [5.74, 6) is 0.337. The lowest BCUT2D eigenvalue weighted by Gasteiger charge is -2.13. The van der Waals surface area contributed by atoms with Crippen LogP contribution in [0.3, 0.4) is 0 Å². The number of carbonyl (C=O) groups is 1. The van der Waals surface area contributed by atoms with E-state index in [1.165, 1.54) is 0 Å². The van der Waals surface area contributed by atoms with Gasteiger partial charge in [0, 0.05) is 18.1 Å². The highest BCUT2D eigenvalue weighted by atomic mass is 16.5. The van der Waals surface area contributed by atoms with Gasteiger partial charge in [-0.25, -0.2) is 4.98 Å². The van der Waals surface area contributed by atoms with E-state index in [1.54, 1.807) is 12.1 Å². The molecule has 4 aromatic rings. The van der Waals surface area contributed by atoms with Gasteiger partial charge in [-0.3, -0.25) is 4.79 Å². The van der Waals surface area contributed by atoms with E-state index in [9.17, 15) is 4.79 Å². The topological polar surface area (TPSA) is 55.6 Å². The van der Waals surface area contributed by atoms with Gasteiger partial charge in [-0.15, -0.1) is 0 Å². The minimum atomic E-state index is -0.194. The van der Waals surface area contributed by atoms with Crippen LogP contribution in [0.5, 0.6) is 5.75 Å². The Morgan fingerprint density at radius 1 is 1.03 bits per heavy atom. The van der Waals surface area contributed by atoms with E-state index in [0.29, 0.717) is 11.3 Å². The molecule has 0 aliphatic rings. The second-order valence-electron chi connectivity index (χ2n) is 7.21. The van der Waals surface area contributed by atoms with Crippen LogP contribution in [0.1, 0.15) is 32.7 Å². The van der Waals surface area contributed by atoms with Crippen molar-refractivity contribution in [3.63, 3.8) is 0 Å². The first-order chi connectivity index (χ1) is 14.0. The molecule has 0 aliphatic heterocycles. The Hall–Kier alpha value is -3.60. The standard InChI is InChI=1S/C24H23N3O2/c1-16-10-11-17(2)21(13-16)26-24(28)20-8-4-5-9-22(20)29-15-19-14-27-12-6-7-18(3)23(27)25-19/h4-14H,15H2,1-3H3,(H,26,28). The van der Waals surface area contributed by atoms with E-state index >= 15 is 0 Å². The molecule has 0 atom stereocenters. The van der Waals surface area contributed by atoms with Crippen LogP contribution in [0.2, 0.25) is 0 Å². The van der Waals surface area contributed by atoms with Gasteiger partial charge in [-0.2, -0.15) is 0 Å². The van der Waals surface area contributed by atoms with Gasteiger partial charge in [0.2, 0.25) is 0 Å². The zero-order chi connectivity index (χ0) is 20.4. The number of hydrogen-bond acceptors (Lipinski definition) is 3. The third kappa shape index (κ3) is 3.99. The molecule has 29 heavy (non-hydrogen) atoms. The molecule has 1 N–H and O–H groups in total. The second kappa shape index (κ2) is 7.80. The number of pyridine rings is 1. The van der Waals surface area contributed by atoms with Gasteiger partial charge in [0.15, 0.2) is 0 Å². The number of anilines is 1. The molecule has 5 nitrogen and oxygen atoms in total. The lowest BCUT2D eigenvalue weighted by Crippen LogP contribution is -2.14. The highest BCUT2D eigenvalue weighted by molar-refractivity contribution is 6.06. The Morgan fingerprint density at radius 2 is 1.86 bits per heavy atom. The minimum absolute atomic E-state index is 0.194. The Bertz CT molecular complexity index is 1190. The van der Waals surface area contributed by atoms with Gasteiger partial charge >= 0.3 is 0 Å². The molecule has 2 aromatic carbocycles. The fourth-order valence-corrected chi connectivity index (χ4v) is 3.27. The van der Waals surface area contributed by atoms with Crippen molar-refractivity contribution in [2.75, 3.05) is 5.32 Å². The van der Waals surface area contributed by atoms with Crippen molar-refractivity contribution in [1.29, 1.82) is 0 Å². The van der Waals surface area contributed by atoms with Crippen LogP contribution in [0.4, 0.5) is 5.69 Å². The lowest BCUT2D eigenvalue weighted by atomic mass is 10.1. The maximum Gasteiger partial charge on any atom is 0.259 e. The summed E-state index contributed by atoms with van der Waals surface area (Å²) in [6.45, 7) is 6.29. The first-order valence-corrected chi connectivity index (χ1v) is 9.55. The molecule has 0 radical (unpaired) electrons. The molecule has 0 saturated heterocycles. The van der Waals surface area contributed by atoms with Crippen molar-refractivity contribution in [1.82, 2.24) is 9.38 Å². The molecule has 0 bridgehead atoms. The molecule has 0 aliphatic carbocycles. The van der Waals surface area contributed by atoms with Gasteiger partial charge in [0.25, 0.3) is 5.91 Å². The molecule has 0 fully saturated rings. The van der Waals surface area contributed by atoms with Crippen LogP contribution >= 0.6 is 0 Å². The van der Waals surface area contributed by atoms with Crippen molar-refractivity contribution >= 4 is 17.2 Å². The first-order valence-electron chi connectivity index (χ1n) is 9.55. The number of amides is 1. The van der Waals surface area contributed by atoms with E-state index in [2.05, 4.69) is 10.3 Å². The van der Waals surface area contributed by atoms with Crippen molar-refractivity contribution < 1.29 is 9.53 Å². The number of imidazole rings is 1. The zero-order valence-corrected chi connectivity index (χ0v) is 16.8. The number of para-hydroxylation sites is 1. The normalized spacial score (nSPS) is 10.9. The Kier molecular flexibility index (Phi) is 5.04. The first kappa shape index (κ1) is 18.7. The molecular weight excluding hydrogens is 362 g/mol. The van der Waals surface area contributed by atoms with E-state index in [0.717, 1.165) is 33.7 Å². The third-order valence-corrected chi connectivity index (χ3v) is 4.88. The maximum atomic E-state index is 12.9. The molecule has 146 valence electrons. The molecule has 4 rings (SSSR count). The SMILES string of the molecule is Cc1ccc(C)c(NC(=O)c2ccccc2OCc2cn3cccc(C)c3n2)c1. The van der Waals surface area contributed by atoms with Crippen LogP contribution in [0, 0.1) is 20.8 Å². The number of hydrogen-bond donors (Lipinski definition) is 1. The molecule has 0 spiro atoms. The summed E-state index contributed by atoms with van der Waals surface area (Å²) in [5, 5.41) is 3.00. The number of rotatable bonds is 5. The summed E-state index contributed by atoms with van der Waals surface area (Å²) < 4.78 is 7.95. The van der Waals surface area contributed by atoms with Gasteiger partial charge in [0.05, 0.1) is 11.3 Å². The number of nitrogens with zero attached hydrogens (tertiary/aromatic N) is 2. The summed E-state index contributed by atoms with van der Waals surface area (Å²) in [5.41, 5.74) is 6.23. The predicted octanol–water partition coefficient (Wildman–Crippen LogP) is 5.09. The molecule has 1 amide bonds. The van der Waals surface area contributed by atoms with Gasteiger partial charge in [-0.05, 0) is 61.7 Å². The lowest BCUT2D eigenvalue weighted by molar-refractivity contribution is 0.102. The molecular formula is C24H23N3O2. The number of benzene rings is 2. The van der Waals surface area contributed by atoms with E-state index in [1.807, 2.05) is 80.0 Å². The second-order valence-corrected chi connectivity index (χ2v) is 7.21. The van der Waals surface area contributed by atoms with E-state index in [-0.39, 0.29) is 12.5 Å². The number of fused-ring (bicyclic) bond motifs is 1. The Morgan fingerprint density at radius 3 is 2.69 bits per heavy atom. The molecule has 0 saturated carbocycles. The minimum Gasteiger partial charge on any atom is -0.486 e. The fourth-order valence-electron chi connectivity index (χ4n) is 3.27. The van der Waals surface area contributed by atoms with Crippen LogP contribution in [0.25, 0.3) is 5.65 Å². The largest absolute Gasteiger partial charge is 0.486 e. The van der Waals surface area contributed by atoms with Crippen LogP contribution < -0.4 is 10.1 Å². The number of ether oxygens (including phenoxy) is 1. The monoisotopic (exact) mass is 385 g/mol. The third-order valence-electron chi connectivity index (χ3n) is 4.88. The average molecular weight is 385 g/mol. The fraction of sp³-hybridized carbons (Fsp3) is 0.167. The van der Waals surface area contributed by atoms with Crippen molar-refractivity contribution in [2.24, 2.45) is 0 Å². The van der Waals surface area contributed by atoms with Gasteiger partial charge in [0.1, 0.15) is 18.0 Å². The highest BCUT2D eigenvalue weighted by Gasteiger charge is 2.14. The molecule has 2 heterocycles. The maximum absolute atomic E-state index is 12.9. The summed E-state index contributed by atoms with van der Waals surface area (Å²) in [7, 11) is 0. The van der Waals surface area contributed by atoms with Crippen molar-refractivity contribution in [3.8, 4) is 5.75 Å². The van der Waals surface area contributed by atoms with Crippen LogP contribution in [0.15, 0.2) is 67.0 Å². The average Bonchev–Trinajstić information content (AvgIpc) is 3.14. The predicted molar refractivity (Wildman–Crippen MR) is 115 cm³/mol. The van der Waals surface area contributed by atoms with E-state index in [4.69, 9.17) is 4.74 Å². The van der Waals surface area contributed by atoms with Crippen molar-refractivity contribution in [2.45, 2.75) is 27.4 Å². The smallest absolute Gasteiger partial charge is 0.259 e. The number of aryl methyl sites for hydroxylation is 3. The number of carbonyl (C=O) groups excluding carboxylic acids is 1. The number of aromatic nitrogens is 2. The zero-order valence-electron chi connectivity index (χ0n) is 16.8. The summed E-state index contributed by atoms with van der Waals surface area (Å²) in [6, 6.07) is 17.3. The summed E-state index contributed by atoms with van der Waals surface area (Å²) >= 11 is 0. The van der Waals surface area contributed by atoms with Crippen molar-refractivity contribution in [3.05, 3.63) is 94.9 Å². The highest BCUT2D eigenvalue weighted by Crippen LogP contribution is 2.23. The molecule has 2 aromatic heterocycles. The Labute approximate surface area is 170 Å². The summed E-state index contributed by atoms with van der Waals surface area (Å²) in [6.07, 6.45) is 3.91. The Balaban J connectivity index is 1.53. The van der Waals surface area contributed by atoms with E-state index < -0.39 is 0 Å². The van der Waals surface area contributed by atoms with Crippen LogP contribution in [-0.4, -0.2) is 15.3 Å². The van der Waals surface area contributed by atoms with Gasteiger partial charge in [-0.1, -0.05) is 30.3 Å². The molecule has 0 unspecified atom stereocenters. The quantitative estimate of drug-likeness (QED) is 0.520. The summed E-state index contributed by atoms with van der Waals surface area (Å²) in [4.78, 5) is 17.5.